The van der Waals surface area contributed by atoms with E-state index in [0.29, 0.717) is 0 Å². The lowest BCUT2D eigenvalue weighted by atomic mass is 9.75. The highest BCUT2D eigenvalue weighted by Crippen LogP contribution is 2.37. The van der Waals surface area contributed by atoms with Gasteiger partial charge in [0.05, 0.1) is 12.7 Å². The van der Waals surface area contributed by atoms with Crippen molar-refractivity contribution in [2.45, 2.75) is 85.9 Å². The van der Waals surface area contributed by atoms with Crippen LogP contribution in [0.5, 0.6) is 0 Å². The van der Waals surface area contributed by atoms with Crippen molar-refractivity contribution in [3.63, 3.8) is 0 Å². The smallest absolute Gasteiger partial charge is 0.328 e. The number of esters is 1. The van der Waals surface area contributed by atoms with Gasteiger partial charge in [0.1, 0.15) is 12.1 Å². The Kier molecular flexibility index (Phi) is 7.86. The van der Waals surface area contributed by atoms with Gasteiger partial charge in [-0.2, -0.15) is 0 Å². The van der Waals surface area contributed by atoms with Crippen LogP contribution in [-0.4, -0.2) is 37.0 Å². The molecule has 4 nitrogen and oxygen atoms in total. The minimum Gasteiger partial charge on any atom is -0.459 e. The Morgan fingerprint density at radius 3 is 2.44 bits per heavy atom. The lowest BCUT2D eigenvalue weighted by Crippen LogP contribution is -2.34. The molecule has 0 bridgehead atoms. The van der Waals surface area contributed by atoms with Crippen molar-refractivity contribution in [2.24, 2.45) is 15.8 Å². The van der Waals surface area contributed by atoms with Crippen molar-refractivity contribution in [2.75, 3.05) is 13.2 Å². The van der Waals surface area contributed by atoms with Crippen molar-refractivity contribution in [1.29, 1.82) is 0 Å². The molecule has 0 aliphatic heterocycles. The van der Waals surface area contributed by atoms with Crippen molar-refractivity contribution < 1.29 is 14.3 Å². The lowest BCUT2D eigenvalue weighted by molar-refractivity contribution is -0.152. The highest BCUT2D eigenvalue weighted by Gasteiger charge is 2.32. The quantitative estimate of drug-likeness (QED) is 0.370. The second-order valence-electron chi connectivity index (χ2n) is 9.35. The topological polar surface area (TPSA) is 47.9 Å². The van der Waals surface area contributed by atoms with E-state index in [9.17, 15) is 4.79 Å². The number of ether oxygens (including phenoxy) is 2. The molecule has 0 fully saturated rings. The van der Waals surface area contributed by atoms with E-state index in [4.69, 9.17) is 9.47 Å². The summed E-state index contributed by atoms with van der Waals surface area (Å²) in [4.78, 5) is 16.0. The van der Waals surface area contributed by atoms with Gasteiger partial charge >= 0.3 is 5.97 Å². The van der Waals surface area contributed by atoms with Gasteiger partial charge in [-0.3, -0.25) is 9.79 Å². The average Bonchev–Trinajstić information content (AvgIpc) is 2.48. The third-order valence-corrected chi connectivity index (χ3v) is 4.71. The lowest BCUT2D eigenvalue weighted by Gasteiger charge is -2.37. The summed E-state index contributed by atoms with van der Waals surface area (Å²) >= 11 is 0. The second kappa shape index (κ2) is 8.98. The van der Waals surface area contributed by atoms with Crippen LogP contribution in [0.4, 0.5) is 0 Å². The predicted octanol–water partition coefficient (Wildman–Crippen LogP) is 4.97. The normalized spacial score (nSPS) is 23.0. The molecule has 1 rings (SSSR count). The first-order valence-electron chi connectivity index (χ1n) is 9.40. The number of aliphatic imine (C=N–C) groups is 1. The highest BCUT2D eigenvalue weighted by atomic mass is 16.6. The summed E-state index contributed by atoms with van der Waals surface area (Å²) in [5.74, 6) is -0.279. The van der Waals surface area contributed by atoms with E-state index in [1.807, 2.05) is 27.0 Å². The fraction of sp³-hybridized carbons (Fsp3) is 0.810. The number of carbonyl (C=O) groups is 1. The van der Waals surface area contributed by atoms with E-state index in [1.54, 1.807) is 0 Å². The van der Waals surface area contributed by atoms with Crippen molar-refractivity contribution in [3.05, 3.63) is 12.2 Å². The molecule has 0 aromatic rings. The molecule has 0 aromatic heterocycles. The third kappa shape index (κ3) is 8.66. The molecule has 0 aromatic carbocycles. The molecule has 0 heterocycles. The van der Waals surface area contributed by atoms with Gasteiger partial charge in [-0.25, -0.2) is 0 Å². The van der Waals surface area contributed by atoms with E-state index >= 15 is 0 Å². The van der Waals surface area contributed by atoms with Crippen LogP contribution >= 0.6 is 0 Å². The van der Waals surface area contributed by atoms with Gasteiger partial charge < -0.3 is 9.47 Å². The summed E-state index contributed by atoms with van der Waals surface area (Å²) < 4.78 is 11.5. The third-order valence-electron chi connectivity index (χ3n) is 4.71. The van der Waals surface area contributed by atoms with Crippen LogP contribution in [0.3, 0.4) is 0 Å². The van der Waals surface area contributed by atoms with Gasteiger partial charge in [0.15, 0.2) is 0 Å². The monoisotopic (exact) mass is 351 g/mol. The molecule has 0 spiro atoms. The van der Waals surface area contributed by atoms with E-state index in [0.717, 1.165) is 32.3 Å². The molecular weight excluding hydrogens is 314 g/mol. The van der Waals surface area contributed by atoms with Gasteiger partial charge in [0.2, 0.25) is 0 Å². The predicted molar refractivity (Wildman–Crippen MR) is 104 cm³/mol. The fourth-order valence-electron chi connectivity index (χ4n) is 2.64. The van der Waals surface area contributed by atoms with Gasteiger partial charge in [-0.1, -0.05) is 32.9 Å². The van der Waals surface area contributed by atoms with E-state index < -0.39 is 5.60 Å². The molecule has 0 N–H and O–H groups in total. The van der Waals surface area contributed by atoms with Gasteiger partial charge in [0, 0.05) is 11.6 Å². The van der Waals surface area contributed by atoms with Crippen molar-refractivity contribution in [1.82, 2.24) is 0 Å². The van der Waals surface area contributed by atoms with Crippen LogP contribution in [0.25, 0.3) is 0 Å². The Morgan fingerprint density at radius 2 is 1.92 bits per heavy atom. The first kappa shape index (κ1) is 21.9. The molecule has 4 heteroatoms. The zero-order valence-electron chi connectivity index (χ0n) is 17.2. The summed E-state index contributed by atoms with van der Waals surface area (Å²) in [5, 5.41) is 0. The Hall–Kier alpha value is -1.16. The molecule has 2 atom stereocenters. The fourth-order valence-corrected chi connectivity index (χ4v) is 2.64. The Morgan fingerprint density at radius 1 is 1.24 bits per heavy atom. The van der Waals surface area contributed by atoms with E-state index in [1.165, 1.54) is 0 Å². The first-order valence-corrected chi connectivity index (χ1v) is 9.40. The molecule has 25 heavy (non-hydrogen) atoms. The Labute approximate surface area is 154 Å². The molecule has 1 aliphatic rings. The number of rotatable bonds is 7. The molecule has 144 valence electrons. The maximum absolute atomic E-state index is 11.7. The van der Waals surface area contributed by atoms with Crippen LogP contribution in [0.15, 0.2) is 17.1 Å². The Bertz CT molecular complexity index is 482. The van der Waals surface area contributed by atoms with Crippen molar-refractivity contribution in [3.8, 4) is 0 Å². The summed E-state index contributed by atoms with van der Waals surface area (Å²) in [7, 11) is 0. The number of carbonyl (C=O) groups excluding carboxylic acids is 1. The second-order valence-corrected chi connectivity index (χ2v) is 9.35. The Balaban J connectivity index is 2.57. The molecule has 0 radical (unpaired) electrons. The summed E-state index contributed by atoms with van der Waals surface area (Å²) in [6, 6.07) is 0. The molecule has 0 saturated heterocycles. The summed E-state index contributed by atoms with van der Waals surface area (Å²) in [5.41, 5.74) is -0.235. The zero-order chi connectivity index (χ0) is 19.1. The number of allylic oxidation sites excluding steroid dienone is 2. The number of hydrogen-bond donors (Lipinski definition) is 0. The van der Waals surface area contributed by atoms with Crippen LogP contribution in [0.1, 0.15) is 74.1 Å². The highest BCUT2D eigenvalue weighted by molar-refractivity contribution is 5.74. The zero-order valence-corrected chi connectivity index (χ0v) is 17.2. The number of hydrogen-bond acceptors (Lipinski definition) is 4. The van der Waals surface area contributed by atoms with E-state index in [2.05, 4.69) is 44.8 Å². The molecule has 0 saturated carbocycles. The van der Waals surface area contributed by atoms with Crippen LogP contribution < -0.4 is 0 Å². The molecule has 1 aliphatic carbocycles. The van der Waals surface area contributed by atoms with Crippen LogP contribution in [-0.2, 0) is 14.3 Å². The van der Waals surface area contributed by atoms with Crippen LogP contribution in [0, 0.1) is 10.8 Å². The van der Waals surface area contributed by atoms with Gasteiger partial charge in [-0.15, -0.1) is 0 Å². The molecule has 0 amide bonds. The standard InChI is InChI=1S/C21H37NO3/c1-17(19(2,3)4)24-16-21(11-9-8-10-12-21)13-14-22-15-18(23)25-20(5,6)7/h8-9,14,17H,10-13,15-16H2,1-7H3. The van der Waals surface area contributed by atoms with E-state index in [-0.39, 0.29) is 29.4 Å². The largest absolute Gasteiger partial charge is 0.459 e. The summed E-state index contributed by atoms with van der Waals surface area (Å²) in [6.45, 7) is 15.2. The molecule has 2 unspecified atom stereocenters. The average molecular weight is 352 g/mol. The summed E-state index contributed by atoms with van der Waals surface area (Å²) in [6.07, 6.45) is 10.6. The maximum atomic E-state index is 11.7. The van der Waals surface area contributed by atoms with Crippen molar-refractivity contribution >= 4 is 12.2 Å². The molecular formula is C21H37NO3. The SMILES string of the molecule is CC(OCC1(CC=NCC(=O)OC(C)(C)C)CC=CCC1)C(C)(C)C. The van der Waals surface area contributed by atoms with Gasteiger partial charge in [0.25, 0.3) is 0 Å². The minimum absolute atomic E-state index is 0.0858. The first-order chi connectivity index (χ1) is 11.4. The maximum Gasteiger partial charge on any atom is 0.328 e. The number of nitrogens with zero attached hydrogens (tertiary/aromatic N) is 1. The van der Waals surface area contributed by atoms with Gasteiger partial charge in [-0.05, 0) is 58.8 Å². The van der Waals surface area contributed by atoms with Crippen LogP contribution in [0.2, 0.25) is 0 Å². The minimum atomic E-state index is -0.459.